The summed E-state index contributed by atoms with van der Waals surface area (Å²) in [6.07, 6.45) is 3.38. The van der Waals surface area contributed by atoms with Gasteiger partial charge in [-0.25, -0.2) is 4.98 Å². The predicted molar refractivity (Wildman–Crippen MR) is 59.3 cm³/mol. The lowest BCUT2D eigenvalue weighted by Crippen LogP contribution is -2.30. The molecule has 0 spiro atoms. The van der Waals surface area contributed by atoms with E-state index in [9.17, 15) is 5.11 Å². The van der Waals surface area contributed by atoms with Crippen molar-refractivity contribution in [2.75, 3.05) is 18.9 Å². The molecule has 0 aliphatic rings. The number of nitrogens with zero attached hydrogens (tertiary/aromatic N) is 3. The lowest BCUT2D eigenvalue weighted by molar-refractivity contribution is 0.141. The van der Waals surface area contributed by atoms with Gasteiger partial charge in [0.15, 0.2) is 0 Å². The van der Waals surface area contributed by atoms with Crippen molar-refractivity contribution in [1.82, 2.24) is 14.5 Å². The van der Waals surface area contributed by atoms with E-state index in [1.54, 1.807) is 6.20 Å². The quantitative estimate of drug-likeness (QED) is 0.790. The average molecular weight is 262 g/mol. The molecule has 1 rings (SSSR count). The van der Waals surface area contributed by atoms with Gasteiger partial charge in [-0.15, -0.1) is 0 Å². The molecule has 0 aliphatic carbocycles. The molecule has 1 atom stereocenters. The van der Waals surface area contributed by atoms with Crippen LogP contribution in [0.15, 0.2) is 12.4 Å². The Hall–Kier alpha value is -0.390. The fraction of sp³-hybridized carbons (Fsp3) is 0.667. The lowest BCUT2D eigenvalue weighted by atomic mass is 10.3. The molecule has 0 fully saturated rings. The molecule has 80 valence electrons. The molecule has 0 amide bonds. The van der Waals surface area contributed by atoms with Crippen LogP contribution in [0.5, 0.6) is 0 Å². The third-order valence-electron chi connectivity index (χ3n) is 2.03. The van der Waals surface area contributed by atoms with Crippen molar-refractivity contribution in [2.45, 2.75) is 12.6 Å². The van der Waals surface area contributed by atoms with Crippen LogP contribution in [0.25, 0.3) is 0 Å². The molecule has 0 aromatic carbocycles. The Kier molecular flexibility index (Phi) is 4.57. The first kappa shape index (κ1) is 11.7. The minimum absolute atomic E-state index is 0.319. The topological polar surface area (TPSA) is 41.3 Å². The highest BCUT2D eigenvalue weighted by atomic mass is 79.9. The summed E-state index contributed by atoms with van der Waals surface area (Å²) in [6.45, 7) is 1.41. The molecule has 4 nitrogen and oxygen atoms in total. The lowest BCUT2D eigenvalue weighted by Gasteiger charge is -2.18. The average Bonchev–Trinajstić information content (AvgIpc) is 2.51. The molecular weight excluding hydrogens is 246 g/mol. The van der Waals surface area contributed by atoms with Gasteiger partial charge in [0.05, 0.1) is 12.6 Å². The number of likely N-dealkylation sites (N-methyl/N-ethyl adjacent to an activating group) is 1. The van der Waals surface area contributed by atoms with Gasteiger partial charge in [-0.2, -0.15) is 0 Å². The zero-order valence-electron chi connectivity index (χ0n) is 8.52. The second-order valence-corrected chi connectivity index (χ2v) is 4.11. The SMILES string of the molecule is CN(Cc1nccn1C)CC(O)CBr. The number of aromatic nitrogens is 2. The van der Waals surface area contributed by atoms with E-state index in [1.165, 1.54) is 0 Å². The zero-order valence-corrected chi connectivity index (χ0v) is 10.1. The number of aryl methyl sites for hydroxylation is 1. The Labute approximate surface area is 92.7 Å². The summed E-state index contributed by atoms with van der Waals surface area (Å²) in [5.74, 6) is 1.01. The van der Waals surface area contributed by atoms with Crippen LogP contribution in [0, 0.1) is 0 Å². The minimum Gasteiger partial charge on any atom is -0.391 e. The number of alkyl halides is 1. The Morgan fingerprint density at radius 2 is 2.43 bits per heavy atom. The summed E-state index contributed by atoms with van der Waals surface area (Å²) in [6, 6.07) is 0. The number of aliphatic hydroxyl groups excluding tert-OH is 1. The van der Waals surface area contributed by atoms with Crippen molar-refractivity contribution >= 4 is 15.9 Å². The standard InChI is InChI=1S/C9H16BrN3O/c1-12(6-8(14)5-10)7-9-11-3-4-13(9)2/h3-4,8,14H,5-7H2,1-2H3. The summed E-state index contributed by atoms with van der Waals surface area (Å²) in [5, 5.41) is 10.0. The normalized spacial score (nSPS) is 13.5. The van der Waals surface area contributed by atoms with Crippen molar-refractivity contribution in [3.63, 3.8) is 0 Å². The van der Waals surface area contributed by atoms with Crippen molar-refractivity contribution in [3.05, 3.63) is 18.2 Å². The van der Waals surface area contributed by atoms with Crippen LogP contribution in [-0.4, -0.2) is 44.6 Å². The fourth-order valence-electron chi connectivity index (χ4n) is 1.26. The monoisotopic (exact) mass is 261 g/mol. The van der Waals surface area contributed by atoms with Gasteiger partial charge in [0, 0.05) is 31.3 Å². The van der Waals surface area contributed by atoms with Crippen molar-refractivity contribution in [1.29, 1.82) is 0 Å². The number of imidazole rings is 1. The highest BCUT2D eigenvalue weighted by molar-refractivity contribution is 9.09. The maximum atomic E-state index is 9.41. The Morgan fingerprint density at radius 3 is 2.93 bits per heavy atom. The van der Waals surface area contributed by atoms with Gasteiger partial charge in [-0.05, 0) is 7.05 Å². The van der Waals surface area contributed by atoms with Crippen molar-refractivity contribution in [2.24, 2.45) is 7.05 Å². The first-order valence-electron chi connectivity index (χ1n) is 4.52. The number of hydrogen-bond donors (Lipinski definition) is 1. The second-order valence-electron chi connectivity index (χ2n) is 3.46. The maximum absolute atomic E-state index is 9.41. The van der Waals surface area contributed by atoms with Crippen LogP contribution in [0.1, 0.15) is 5.82 Å². The van der Waals surface area contributed by atoms with Crippen molar-refractivity contribution in [3.8, 4) is 0 Å². The molecular formula is C9H16BrN3O. The maximum Gasteiger partial charge on any atom is 0.122 e. The van der Waals surface area contributed by atoms with Gasteiger partial charge in [0.25, 0.3) is 0 Å². The van der Waals surface area contributed by atoms with Crippen LogP contribution in [-0.2, 0) is 13.6 Å². The van der Waals surface area contributed by atoms with Gasteiger partial charge < -0.3 is 9.67 Å². The summed E-state index contributed by atoms with van der Waals surface area (Å²) in [4.78, 5) is 6.27. The van der Waals surface area contributed by atoms with Crippen LogP contribution in [0.2, 0.25) is 0 Å². The second kappa shape index (κ2) is 5.48. The number of aliphatic hydroxyl groups is 1. The summed E-state index contributed by atoms with van der Waals surface area (Å²) >= 11 is 3.24. The van der Waals surface area contributed by atoms with Crippen molar-refractivity contribution < 1.29 is 5.11 Å². The van der Waals surface area contributed by atoms with Crippen LogP contribution in [0.4, 0.5) is 0 Å². The fourth-order valence-corrected chi connectivity index (χ4v) is 1.47. The van der Waals surface area contributed by atoms with E-state index < -0.39 is 0 Å². The highest BCUT2D eigenvalue weighted by Crippen LogP contribution is 2.01. The molecule has 1 aromatic heterocycles. The first-order valence-corrected chi connectivity index (χ1v) is 5.64. The molecule has 0 bridgehead atoms. The molecule has 0 radical (unpaired) electrons. The van der Waals surface area contributed by atoms with Gasteiger partial charge in [0.2, 0.25) is 0 Å². The van der Waals surface area contributed by atoms with E-state index in [1.807, 2.05) is 29.8 Å². The van der Waals surface area contributed by atoms with Crippen LogP contribution in [0.3, 0.4) is 0 Å². The Bertz CT molecular complexity index is 277. The predicted octanol–water partition coefficient (Wildman–Crippen LogP) is 0.608. The number of halogens is 1. The number of rotatable bonds is 5. The molecule has 1 unspecified atom stereocenters. The minimum atomic E-state index is -0.319. The van der Waals surface area contributed by atoms with Gasteiger partial charge >= 0.3 is 0 Å². The van der Waals surface area contributed by atoms with E-state index >= 15 is 0 Å². The van der Waals surface area contributed by atoms with Gasteiger partial charge in [-0.1, -0.05) is 15.9 Å². The Morgan fingerprint density at radius 1 is 1.71 bits per heavy atom. The third kappa shape index (κ3) is 3.40. The van der Waals surface area contributed by atoms with E-state index in [4.69, 9.17) is 0 Å². The van der Waals surface area contributed by atoms with E-state index in [0.717, 1.165) is 12.4 Å². The molecule has 1 heterocycles. The molecule has 0 aliphatic heterocycles. The number of hydrogen-bond acceptors (Lipinski definition) is 3. The molecule has 5 heteroatoms. The molecule has 14 heavy (non-hydrogen) atoms. The molecule has 1 aromatic rings. The smallest absolute Gasteiger partial charge is 0.122 e. The van der Waals surface area contributed by atoms with Crippen LogP contribution >= 0.6 is 15.9 Å². The van der Waals surface area contributed by atoms with Gasteiger partial charge in [-0.3, -0.25) is 4.90 Å². The summed E-state index contributed by atoms with van der Waals surface area (Å²) < 4.78 is 1.98. The van der Waals surface area contributed by atoms with E-state index in [-0.39, 0.29) is 6.10 Å². The van der Waals surface area contributed by atoms with E-state index in [0.29, 0.717) is 11.9 Å². The van der Waals surface area contributed by atoms with Gasteiger partial charge in [0.1, 0.15) is 5.82 Å². The summed E-state index contributed by atoms with van der Waals surface area (Å²) in [5.41, 5.74) is 0. The largest absolute Gasteiger partial charge is 0.391 e. The zero-order chi connectivity index (χ0) is 10.6. The molecule has 0 saturated carbocycles. The van der Waals surface area contributed by atoms with E-state index in [2.05, 4.69) is 20.9 Å². The molecule has 0 saturated heterocycles. The van der Waals surface area contributed by atoms with Crippen LogP contribution < -0.4 is 0 Å². The first-order chi connectivity index (χ1) is 6.63. The Balaban J connectivity index is 2.41. The highest BCUT2D eigenvalue weighted by Gasteiger charge is 2.08. The molecule has 1 N–H and O–H groups in total. The summed E-state index contributed by atoms with van der Waals surface area (Å²) in [7, 11) is 3.94. The third-order valence-corrected chi connectivity index (χ3v) is 2.78.